The lowest BCUT2D eigenvalue weighted by molar-refractivity contribution is 0.413. The van der Waals surface area contributed by atoms with Crippen LogP contribution in [0.15, 0.2) is 97.5 Å². The van der Waals surface area contributed by atoms with E-state index < -0.39 is 0 Å². The normalized spacial score (nSPS) is 10.5. The van der Waals surface area contributed by atoms with Gasteiger partial charge in [-0.3, -0.25) is 0 Å². The highest BCUT2D eigenvalue weighted by atomic mass is 35.5. The van der Waals surface area contributed by atoms with Crippen LogP contribution in [0.5, 0.6) is 5.75 Å². The maximum absolute atomic E-state index is 5.61. The topological polar surface area (TPSA) is 64.9 Å². The maximum atomic E-state index is 5.61. The van der Waals surface area contributed by atoms with Crippen molar-refractivity contribution in [1.29, 1.82) is 0 Å². The smallest absolute Gasteiger partial charge is 0.148 e. The van der Waals surface area contributed by atoms with Gasteiger partial charge in [-0.25, -0.2) is 4.98 Å². The Morgan fingerprint density at radius 2 is 1.66 bits per heavy atom. The number of benzene rings is 3. The van der Waals surface area contributed by atoms with Gasteiger partial charge in [0.2, 0.25) is 0 Å². The number of hydrogen-bond donors (Lipinski definition) is 1. The van der Waals surface area contributed by atoms with Crippen molar-refractivity contribution in [2.45, 2.75) is 13.5 Å². The van der Waals surface area contributed by atoms with Crippen molar-refractivity contribution in [2.75, 3.05) is 12.4 Å². The zero-order valence-electron chi connectivity index (χ0n) is 19.6. The van der Waals surface area contributed by atoms with Gasteiger partial charge in [0, 0.05) is 18.3 Å². The van der Waals surface area contributed by atoms with Crippen LogP contribution in [0.1, 0.15) is 11.3 Å². The molecule has 5 rings (SSSR count). The Kier molecular flexibility index (Phi) is 7.43. The molecule has 176 valence electrons. The van der Waals surface area contributed by atoms with Gasteiger partial charge in [-0.15, -0.1) is 22.6 Å². The molecule has 6 nitrogen and oxygen atoms in total. The molecule has 0 unspecified atom stereocenters. The Labute approximate surface area is 211 Å². The number of nitrogens with zero attached hydrogens (tertiary/aromatic N) is 4. The first-order valence-corrected chi connectivity index (χ1v) is 11.1. The fraction of sp³-hybridized carbons (Fsp3) is 0.107. The Balaban J connectivity index is 0.00000289. The fourth-order valence-corrected chi connectivity index (χ4v) is 3.87. The van der Waals surface area contributed by atoms with Crippen LogP contribution in [0.4, 0.5) is 5.82 Å². The molecule has 0 fully saturated rings. The van der Waals surface area contributed by atoms with Gasteiger partial charge in [0.05, 0.1) is 30.5 Å². The first-order chi connectivity index (χ1) is 16.7. The molecule has 5 aromatic rings. The highest BCUT2D eigenvalue weighted by Crippen LogP contribution is 2.29. The molecule has 0 bridgehead atoms. The molecular formula is C28H26ClN5O. The molecule has 0 saturated heterocycles. The van der Waals surface area contributed by atoms with Crippen molar-refractivity contribution in [3.63, 3.8) is 0 Å². The summed E-state index contributed by atoms with van der Waals surface area (Å²) >= 11 is 0. The third kappa shape index (κ3) is 5.50. The predicted molar refractivity (Wildman–Crippen MR) is 142 cm³/mol. The molecule has 0 amide bonds. The van der Waals surface area contributed by atoms with E-state index in [0.717, 1.165) is 34.2 Å². The Morgan fingerprint density at radius 3 is 2.37 bits per heavy atom. The second kappa shape index (κ2) is 10.8. The van der Waals surface area contributed by atoms with Gasteiger partial charge in [0.1, 0.15) is 11.6 Å². The second-order valence-corrected chi connectivity index (χ2v) is 8.03. The summed E-state index contributed by atoms with van der Waals surface area (Å²) in [6, 6.07) is 28.8. The molecule has 35 heavy (non-hydrogen) atoms. The summed E-state index contributed by atoms with van der Waals surface area (Å²) in [7, 11) is 1.66. The van der Waals surface area contributed by atoms with Gasteiger partial charge in [-0.2, -0.15) is 0 Å². The van der Waals surface area contributed by atoms with Crippen molar-refractivity contribution in [1.82, 2.24) is 19.7 Å². The minimum atomic E-state index is 0. The van der Waals surface area contributed by atoms with E-state index in [9.17, 15) is 0 Å². The first kappa shape index (κ1) is 24.0. The molecule has 0 radical (unpaired) electrons. The molecule has 2 heterocycles. The number of aryl methyl sites for hydroxylation is 1. The third-order valence-electron chi connectivity index (χ3n) is 5.64. The van der Waals surface area contributed by atoms with E-state index in [4.69, 9.17) is 4.74 Å². The monoisotopic (exact) mass is 483 g/mol. The van der Waals surface area contributed by atoms with E-state index in [1.165, 1.54) is 16.7 Å². The average Bonchev–Trinajstić information content (AvgIpc) is 3.34. The largest absolute Gasteiger partial charge is 0.495 e. The molecule has 0 spiro atoms. The molecular weight excluding hydrogens is 458 g/mol. The number of hydrogen-bond acceptors (Lipinski definition) is 5. The zero-order valence-corrected chi connectivity index (χ0v) is 20.4. The Bertz CT molecular complexity index is 1400. The molecule has 1 N–H and O–H groups in total. The van der Waals surface area contributed by atoms with Crippen molar-refractivity contribution in [2.24, 2.45) is 0 Å². The minimum absolute atomic E-state index is 0. The number of rotatable bonds is 7. The van der Waals surface area contributed by atoms with Crippen molar-refractivity contribution in [3.8, 4) is 33.8 Å². The number of halogens is 1. The molecule has 0 aliphatic heterocycles. The van der Waals surface area contributed by atoms with E-state index >= 15 is 0 Å². The number of anilines is 1. The Morgan fingerprint density at radius 1 is 0.829 bits per heavy atom. The van der Waals surface area contributed by atoms with Crippen LogP contribution in [0.2, 0.25) is 0 Å². The lowest BCUT2D eigenvalue weighted by Crippen LogP contribution is -2.03. The predicted octanol–water partition coefficient (Wildman–Crippen LogP) is 6.35. The number of nitrogens with one attached hydrogen (secondary N) is 1. The molecule has 3 aromatic carbocycles. The SMILES string of the molecule is COc1cc(-c2ccc(NCc3cccc(-c4ccccc4)c3)nn2)ccc1-n1cnc(C)c1.Cl. The van der Waals surface area contributed by atoms with E-state index in [-0.39, 0.29) is 12.4 Å². The summed E-state index contributed by atoms with van der Waals surface area (Å²) < 4.78 is 7.56. The molecule has 0 aliphatic carbocycles. The van der Waals surface area contributed by atoms with Crippen LogP contribution in [0.3, 0.4) is 0 Å². The van der Waals surface area contributed by atoms with Crippen LogP contribution in [0, 0.1) is 6.92 Å². The highest BCUT2D eigenvalue weighted by molar-refractivity contribution is 5.85. The number of ether oxygens (including phenoxy) is 1. The number of aromatic nitrogens is 4. The van der Waals surface area contributed by atoms with Gasteiger partial charge >= 0.3 is 0 Å². The lowest BCUT2D eigenvalue weighted by Gasteiger charge is -2.11. The second-order valence-electron chi connectivity index (χ2n) is 8.03. The van der Waals surface area contributed by atoms with E-state index in [1.54, 1.807) is 13.4 Å². The standard InChI is InChI=1S/C28H25N5O.ClH/c1-20-18-33(19-30-20)26-13-11-24(16-27(26)34-2)25-12-14-28(32-31-25)29-17-21-7-6-10-23(15-21)22-8-4-3-5-9-22;/h3-16,18-19H,17H2,1-2H3,(H,29,32);1H. The van der Waals surface area contributed by atoms with Gasteiger partial charge in [0.25, 0.3) is 0 Å². The van der Waals surface area contributed by atoms with Crippen LogP contribution in [-0.2, 0) is 6.54 Å². The molecule has 0 atom stereocenters. The van der Waals surface area contributed by atoms with Crippen molar-refractivity contribution >= 4 is 18.2 Å². The quantitative estimate of drug-likeness (QED) is 0.292. The number of imidazole rings is 1. The van der Waals surface area contributed by atoms with Gasteiger partial charge in [0.15, 0.2) is 0 Å². The molecule has 2 aromatic heterocycles. The minimum Gasteiger partial charge on any atom is -0.495 e. The lowest BCUT2D eigenvalue weighted by atomic mass is 10.0. The molecule has 0 aliphatic rings. The maximum Gasteiger partial charge on any atom is 0.148 e. The summed E-state index contributed by atoms with van der Waals surface area (Å²) in [5.74, 6) is 1.48. The zero-order chi connectivity index (χ0) is 23.3. The summed E-state index contributed by atoms with van der Waals surface area (Å²) in [5, 5.41) is 12.2. The fourth-order valence-electron chi connectivity index (χ4n) is 3.87. The molecule has 7 heteroatoms. The summed E-state index contributed by atoms with van der Waals surface area (Å²) in [5.41, 5.74) is 7.18. The van der Waals surface area contributed by atoms with Crippen molar-refractivity contribution in [3.05, 3.63) is 109 Å². The molecule has 0 saturated carbocycles. The van der Waals surface area contributed by atoms with Crippen LogP contribution < -0.4 is 10.1 Å². The van der Waals surface area contributed by atoms with Crippen LogP contribution >= 0.6 is 12.4 Å². The first-order valence-electron chi connectivity index (χ1n) is 11.1. The summed E-state index contributed by atoms with van der Waals surface area (Å²) in [6.07, 6.45) is 3.75. The van der Waals surface area contributed by atoms with Gasteiger partial charge < -0.3 is 14.6 Å². The third-order valence-corrected chi connectivity index (χ3v) is 5.64. The highest BCUT2D eigenvalue weighted by Gasteiger charge is 2.10. The number of methoxy groups -OCH3 is 1. The van der Waals surface area contributed by atoms with E-state index in [0.29, 0.717) is 6.54 Å². The summed E-state index contributed by atoms with van der Waals surface area (Å²) in [6.45, 7) is 2.63. The average molecular weight is 484 g/mol. The van der Waals surface area contributed by atoms with Gasteiger partial charge in [-0.05, 0) is 53.9 Å². The van der Waals surface area contributed by atoms with Crippen molar-refractivity contribution < 1.29 is 4.74 Å². The van der Waals surface area contributed by atoms with Crippen LogP contribution in [-0.4, -0.2) is 26.9 Å². The van der Waals surface area contributed by atoms with Gasteiger partial charge in [-0.1, -0.05) is 54.6 Å². The summed E-state index contributed by atoms with van der Waals surface area (Å²) in [4.78, 5) is 4.30. The van der Waals surface area contributed by atoms with Crippen LogP contribution in [0.25, 0.3) is 28.1 Å². The van der Waals surface area contributed by atoms with E-state index in [2.05, 4.69) is 69.0 Å². The van der Waals surface area contributed by atoms with E-state index in [1.807, 2.05) is 54.1 Å². The Hall–Kier alpha value is -4.16.